The summed E-state index contributed by atoms with van der Waals surface area (Å²) in [6.07, 6.45) is -2.61. The second-order valence-corrected chi connectivity index (χ2v) is 6.55. The minimum atomic E-state index is -1.35. The number of aliphatic hydroxyl groups is 1. The van der Waals surface area contributed by atoms with Gasteiger partial charge in [-0.15, -0.1) is 0 Å². The largest absolute Gasteiger partial charge is 0.481 e. The molecule has 0 saturated heterocycles. The van der Waals surface area contributed by atoms with Gasteiger partial charge in [0, 0.05) is 12.1 Å². The number of nitro benzene ring substituents is 1. The minimum Gasteiger partial charge on any atom is -0.481 e. The van der Waals surface area contributed by atoms with Crippen molar-refractivity contribution in [2.24, 2.45) is 0 Å². The summed E-state index contributed by atoms with van der Waals surface area (Å²) in [5, 5.41) is 32.0. The van der Waals surface area contributed by atoms with Gasteiger partial charge in [0.15, 0.2) is 0 Å². The molecule has 0 aliphatic rings. The summed E-state index contributed by atoms with van der Waals surface area (Å²) in [6, 6.07) is 4.63. The molecule has 1 rings (SSSR count). The van der Waals surface area contributed by atoms with Crippen molar-refractivity contribution in [3.63, 3.8) is 0 Å². The Kier molecular flexibility index (Phi) is 6.86. The SMILES string of the molecule is CC(C)(C)OC(=O)N[C@@H](Cc1ccc([N+](=O)[O-])cc1)C(O)CC(=O)O. The summed E-state index contributed by atoms with van der Waals surface area (Å²) in [5.74, 6) is -1.22. The number of ether oxygens (including phenoxy) is 1. The Morgan fingerprint density at radius 2 is 1.84 bits per heavy atom. The second kappa shape index (κ2) is 8.43. The van der Waals surface area contributed by atoms with Crippen LogP contribution in [0.2, 0.25) is 0 Å². The number of hydrogen-bond acceptors (Lipinski definition) is 6. The molecule has 0 spiro atoms. The summed E-state index contributed by atoms with van der Waals surface area (Å²) < 4.78 is 5.11. The number of carbonyl (C=O) groups excluding carboxylic acids is 1. The van der Waals surface area contributed by atoms with Gasteiger partial charge >= 0.3 is 12.1 Å². The Bertz CT molecular complexity index is 622. The van der Waals surface area contributed by atoms with E-state index in [0.29, 0.717) is 5.56 Å². The lowest BCUT2D eigenvalue weighted by Crippen LogP contribution is -2.47. The van der Waals surface area contributed by atoms with Crippen molar-refractivity contribution in [1.29, 1.82) is 0 Å². The van der Waals surface area contributed by atoms with Crippen LogP contribution < -0.4 is 5.32 Å². The van der Waals surface area contributed by atoms with Gasteiger partial charge in [-0.3, -0.25) is 14.9 Å². The maximum Gasteiger partial charge on any atom is 0.407 e. The lowest BCUT2D eigenvalue weighted by molar-refractivity contribution is -0.384. The zero-order valence-electron chi connectivity index (χ0n) is 14.3. The number of carboxylic acid groups (broad SMARTS) is 1. The predicted molar refractivity (Wildman–Crippen MR) is 88.2 cm³/mol. The zero-order chi connectivity index (χ0) is 19.2. The van der Waals surface area contributed by atoms with Crippen LogP contribution in [-0.2, 0) is 16.0 Å². The first-order valence-corrected chi connectivity index (χ1v) is 7.60. The molecule has 0 aliphatic carbocycles. The van der Waals surface area contributed by atoms with E-state index in [1.54, 1.807) is 20.8 Å². The lowest BCUT2D eigenvalue weighted by atomic mass is 9.99. The van der Waals surface area contributed by atoms with Gasteiger partial charge in [0.2, 0.25) is 0 Å². The molecule has 1 amide bonds. The monoisotopic (exact) mass is 354 g/mol. The standard InChI is InChI=1S/C16H22N2O7/c1-16(2,3)25-15(22)17-12(13(19)9-14(20)21)8-10-4-6-11(7-5-10)18(23)24/h4-7,12-13,19H,8-9H2,1-3H3,(H,17,22)(H,20,21)/t12-,13?/m0/s1. The number of hydrogen-bond donors (Lipinski definition) is 3. The molecule has 138 valence electrons. The Hall–Kier alpha value is -2.68. The van der Waals surface area contributed by atoms with Crippen molar-refractivity contribution < 1.29 is 29.5 Å². The molecule has 0 radical (unpaired) electrons. The number of aliphatic hydroxyl groups excluding tert-OH is 1. The first-order chi connectivity index (χ1) is 11.5. The fourth-order valence-corrected chi connectivity index (χ4v) is 2.07. The van der Waals surface area contributed by atoms with Gasteiger partial charge in [0.25, 0.3) is 5.69 Å². The number of nitrogens with one attached hydrogen (secondary N) is 1. The summed E-state index contributed by atoms with van der Waals surface area (Å²) in [5.41, 5.74) is -0.248. The third-order valence-electron chi connectivity index (χ3n) is 3.15. The van der Waals surface area contributed by atoms with Crippen molar-refractivity contribution in [1.82, 2.24) is 5.32 Å². The molecular weight excluding hydrogens is 332 g/mol. The van der Waals surface area contributed by atoms with Crippen LogP contribution in [0.15, 0.2) is 24.3 Å². The molecule has 9 heteroatoms. The topological polar surface area (TPSA) is 139 Å². The Morgan fingerprint density at radius 3 is 2.28 bits per heavy atom. The highest BCUT2D eigenvalue weighted by molar-refractivity contribution is 5.69. The number of nitrogens with zero attached hydrogens (tertiary/aromatic N) is 1. The van der Waals surface area contributed by atoms with Crippen LogP contribution in [0.1, 0.15) is 32.8 Å². The first-order valence-electron chi connectivity index (χ1n) is 7.60. The minimum absolute atomic E-state index is 0.0890. The fourth-order valence-electron chi connectivity index (χ4n) is 2.07. The summed E-state index contributed by atoms with van der Waals surface area (Å²) in [4.78, 5) is 32.9. The van der Waals surface area contributed by atoms with Gasteiger partial charge in [-0.2, -0.15) is 0 Å². The smallest absolute Gasteiger partial charge is 0.407 e. The van der Waals surface area contributed by atoms with Crippen LogP contribution in [-0.4, -0.2) is 44.9 Å². The van der Waals surface area contributed by atoms with Crippen molar-refractivity contribution >= 4 is 17.7 Å². The van der Waals surface area contributed by atoms with E-state index in [9.17, 15) is 24.8 Å². The molecule has 0 saturated carbocycles. The molecule has 9 nitrogen and oxygen atoms in total. The average molecular weight is 354 g/mol. The van der Waals surface area contributed by atoms with E-state index in [4.69, 9.17) is 9.84 Å². The van der Waals surface area contributed by atoms with Crippen molar-refractivity contribution in [3.05, 3.63) is 39.9 Å². The molecule has 0 aliphatic heterocycles. The van der Waals surface area contributed by atoms with Gasteiger partial charge in [0.1, 0.15) is 5.60 Å². The molecular formula is C16H22N2O7. The molecule has 0 aromatic heterocycles. The zero-order valence-corrected chi connectivity index (χ0v) is 14.3. The number of carbonyl (C=O) groups is 2. The molecule has 0 heterocycles. The van der Waals surface area contributed by atoms with E-state index in [0.717, 1.165) is 0 Å². The Labute approximate surface area is 144 Å². The molecule has 1 aromatic carbocycles. The quantitative estimate of drug-likeness (QED) is 0.501. The number of carboxylic acids is 1. The number of rotatable bonds is 7. The van der Waals surface area contributed by atoms with E-state index in [2.05, 4.69) is 5.32 Å². The van der Waals surface area contributed by atoms with Crippen LogP contribution in [0.25, 0.3) is 0 Å². The lowest BCUT2D eigenvalue weighted by Gasteiger charge is -2.26. The Balaban J connectivity index is 2.88. The van der Waals surface area contributed by atoms with Crippen LogP contribution in [0.5, 0.6) is 0 Å². The van der Waals surface area contributed by atoms with Crippen LogP contribution in [0.4, 0.5) is 10.5 Å². The van der Waals surface area contributed by atoms with Gasteiger partial charge in [-0.05, 0) is 32.8 Å². The number of alkyl carbamates (subject to hydrolysis) is 1. The Morgan fingerprint density at radius 1 is 1.28 bits per heavy atom. The van der Waals surface area contributed by atoms with Crippen molar-refractivity contribution in [2.45, 2.75) is 51.4 Å². The second-order valence-electron chi connectivity index (χ2n) is 6.55. The maximum atomic E-state index is 11.9. The third kappa shape index (κ3) is 7.62. The predicted octanol–water partition coefficient (Wildman–Crippen LogP) is 1.87. The van der Waals surface area contributed by atoms with E-state index < -0.39 is 41.2 Å². The van der Waals surface area contributed by atoms with Gasteiger partial charge < -0.3 is 20.3 Å². The molecule has 1 unspecified atom stereocenters. The van der Waals surface area contributed by atoms with Crippen molar-refractivity contribution in [3.8, 4) is 0 Å². The van der Waals surface area contributed by atoms with E-state index in [-0.39, 0.29) is 12.1 Å². The molecule has 25 heavy (non-hydrogen) atoms. The fraction of sp³-hybridized carbons (Fsp3) is 0.500. The number of nitro groups is 1. The van der Waals surface area contributed by atoms with Gasteiger partial charge in [0.05, 0.1) is 23.5 Å². The summed E-state index contributed by atoms with van der Waals surface area (Å²) in [7, 11) is 0. The van der Waals surface area contributed by atoms with Gasteiger partial charge in [-0.25, -0.2) is 4.79 Å². The number of amides is 1. The number of non-ortho nitro benzene ring substituents is 1. The normalized spacial score (nSPS) is 13.6. The highest BCUT2D eigenvalue weighted by Crippen LogP contribution is 2.15. The highest BCUT2D eigenvalue weighted by Gasteiger charge is 2.26. The van der Waals surface area contributed by atoms with E-state index in [1.165, 1.54) is 24.3 Å². The van der Waals surface area contributed by atoms with Crippen molar-refractivity contribution in [2.75, 3.05) is 0 Å². The molecule has 3 N–H and O–H groups in total. The molecule has 0 fully saturated rings. The summed E-state index contributed by atoms with van der Waals surface area (Å²) in [6.45, 7) is 5.02. The highest BCUT2D eigenvalue weighted by atomic mass is 16.6. The number of aliphatic carboxylic acids is 1. The maximum absolute atomic E-state index is 11.9. The number of benzene rings is 1. The first kappa shape index (κ1) is 20.4. The van der Waals surface area contributed by atoms with Crippen LogP contribution in [0, 0.1) is 10.1 Å². The molecule has 0 bridgehead atoms. The van der Waals surface area contributed by atoms with Crippen LogP contribution in [0.3, 0.4) is 0 Å². The van der Waals surface area contributed by atoms with E-state index >= 15 is 0 Å². The van der Waals surface area contributed by atoms with Gasteiger partial charge in [-0.1, -0.05) is 12.1 Å². The summed E-state index contributed by atoms with van der Waals surface area (Å²) >= 11 is 0. The molecule has 1 aromatic rings. The third-order valence-corrected chi connectivity index (χ3v) is 3.15. The van der Waals surface area contributed by atoms with E-state index in [1.807, 2.05) is 0 Å². The van der Waals surface area contributed by atoms with Crippen LogP contribution >= 0.6 is 0 Å². The average Bonchev–Trinajstić information content (AvgIpc) is 2.44. The molecule has 2 atom stereocenters.